The second-order valence-electron chi connectivity index (χ2n) is 3.85. The third-order valence-electron chi connectivity index (χ3n) is 2.48. The van der Waals surface area contributed by atoms with Gasteiger partial charge in [-0.05, 0) is 42.1 Å². The summed E-state index contributed by atoms with van der Waals surface area (Å²) in [5.41, 5.74) is 1.08. The van der Waals surface area contributed by atoms with Gasteiger partial charge in [0.05, 0.1) is 4.90 Å². The first-order chi connectivity index (χ1) is 8.45. The Labute approximate surface area is 112 Å². The zero-order valence-corrected chi connectivity index (χ0v) is 11.7. The number of halogens is 1. The number of hydrogen-bond donors (Lipinski definition) is 1. The number of hydrogen-bond acceptors (Lipinski definition) is 3. The second-order valence-corrected chi connectivity index (χ2v) is 6.04. The lowest BCUT2D eigenvalue weighted by atomic mass is 10.2. The van der Waals surface area contributed by atoms with Crippen LogP contribution >= 0.6 is 11.6 Å². The Morgan fingerprint density at radius 2 is 1.89 bits per heavy atom. The molecule has 0 aliphatic heterocycles. The minimum Gasteiger partial charge on any atom is -0.281 e. The van der Waals surface area contributed by atoms with Crippen molar-refractivity contribution >= 4 is 26.9 Å². The standard InChI is InChI=1S/C12H16ClNO3S/c1-2-10-5-7-11(8-6-10)18(16,17)14-9-3-4-12(13)15/h5-8,14H,2-4,9H2,1H3. The van der Waals surface area contributed by atoms with Crippen LogP contribution in [0.1, 0.15) is 25.3 Å². The molecule has 0 unspecified atom stereocenters. The van der Waals surface area contributed by atoms with Crippen LogP contribution in [0.4, 0.5) is 0 Å². The molecule has 18 heavy (non-hydrogen) atoms. The molecule has 0 aliphatic rings. The fourth-order valence-electron chi connectivity index (χ4n) is 1.42. The zero-order chi connectivity index (χ0) is 13.6. The van der Waals surface area contributed by atoms with E-state index >= 15 is 0 Å². The molecule has 0 heterocycles. The average molecular weight is 290 g/mol. The first kappa shape index (κ1) is 15.1. The highest BCUT2D eigenvalue weighted by Crippen LogP contribution is 2.10. The highest BCUT2D eigenvalue weighted by Gasteiger charge is 2.12. The van der Waals surface area contributed by atoms with Gasteiger partial charge in [0.1, 0.15) is 0 Å². The Kier molecular flexibility index (Phi) is 5.78. The molecular formula is C12H16ClNO3S. The maximum Gasteiger partial charge on any atom is 0.240 e. The summed E-state index contributed by atoms with van der Waals surface area (Å²) in [6, 6.07) is 6.73. The van der Waals surface area contributed by atoms with E-state index in [-0.39, 0.29) is 17.9 Å². The largest absolute Gasteiger partial charge is 0.281 e. The van der Waals surface area contributed by atoms with Gasteiger partial charge in [-0.25, -0.2) is 13.1 Å². The molecular weight excluding hydrogens is 274 g/mol. The lowest BCUT2D eigenvalue weighted by Gasteiger charge is -2.06. The van der Waals surface area contributed by atoms with Gasteiger partial charge >= 0.3 is 0 Å². The summed E-state index contributed by atoms with van der Waals surface area (Å²) in [7, 11) is -3.49. The van der Waals surface area contributed by atoms with Gasteiger partial charge in [-0.15, -0.1) is 0 Å². The monoisotopic (exact) mass is 289 g/mol. The van der Waals surface area contributed by atoms with Crippen LogP contribution in [0.15, 0.2) is 29.2 Å². The van der Waals surface area contributed by atoms with Crippen molar-refractivity contribution in [3.8, 4) is 0 Å². The third-order valence-corrected chi connectivity index (χ3v) is 4.15. The van der Waals surface area contributed by atoms with E-state index in [0.717, 1.165) is 12.0 Å². The summed E-state index contributed by atoms with van der Waals surface area (Å²) in [4.78, 5) is 10.7. The van der Waals surface area contributed by atoms with E-state index in [2.05, 4.69) is 4.72 Å². The summed E-state index contributed by atoms with van der Waals surface area (Å²) in [6.07, 6.45) is 1.43. The quantitative estimate of drug-likeness (QED) is 0.617. The molecule has 0 aromatic heterocycles. The number of nitrogens with one attached hydrogen (secondary N) is 1. The van der Waals surface area contributed by atoms with E-state index in [1.807, 2.05) is 6.92 Å². The number of carbonyl (C=O) groups excluding carboxylic acids is 1. The highest BCUT2D eigenvalue weighted by atomic mass is 35.5. The molecule has 100 valence electrons. The predicted octanol–water partition coefficient (Wildman–Crippen LogP) is 2.07. The fraction of sp³-hybridized carbons (Fsp3) is 0.417. The minimum absolute atomic E-state index is 0.166. The van der Waals surface area contributed by atoms with Gasteiger partial charge in [-0.3, -0.25) is 4.79 Å². The van der Waals surface area contributed by atoms with Gasteiger partial charge in [0.25, 0.3) is 0 Å². The SMILES string of the molecule is CCc1ccc(S(=O)(=O)NCCCC(=O)Cl)cc1. The molecule has 4 nitrogen and oxygen atoms in total. The van der Waals surface area contributed by atoms with E-state index in [1.54, 1.807) is 24.3 Å². The second kappa shape index (κ2) is 6.87. The van der Waals surface area contributed by atoms with Gasteiger partial charge in [0, 0.05) is 13.0 Å². The molecule has 1 rings (SSSR count). The topological polar surface area (TPSA) is 63.2 Å². The molecule has 0 atom stereocenters. The van der Waals surface area contributed by atoms with Crippen LogP contribution in [-0.4, -0.2) is 20.2 Å². The van der Waals surface area contributed by atoms with Gasteiger partial charge < -0.3 is 0 Å². The number of benzene rings is 1. The normalized spacial score (nSPS) is 11.4. The molecule has 0 radical (unpaired) electrons. The Balaban J connectivity index is 2.59. The Morgan fingerprint density at radius 1 is 1.28 bits per heavy atom. The Hall–Kier alpha value is -0.910. The maximum atomic E-state index is 11.8. The van der Waals surface area contributed by atoms with Crippen LogP contribution < -0.4 is 4.72 Å². The fourth-order valence-corrected chi connectivity index (χ4v) is 2.63. The van der Waals surface area contributed by atoms with E-state index in [1.165, 1.54) is 0 Å². The first-order valence-electron chi connectivity index (χ1n) is 5.72. The van der Waals surface area contributed by atoms with E-state index in [0.29, 0.717) is 6.42 Å². The highest BCUT2D eigenvalue weighted by molar-refractivity contribution is 7.89. The Bertz CT molecular complexity index is 497. The van der Waals surface area contributed by atoms with Crippen LogP contribution in [0, 0.1) is 0 Å². The zero-order valence-electron chi connectivity index (χ0n) is 10.1. The molecule has 0 saturated carbocycles. The smallest absolute Gasteiger partial charge is 0.240 e. The van der Waals surface area contributed by atoms with Gasteiger partial charge in [0.2, 0.25) is 15.3 Å². The lowest BCUT2D eigenvalue weighted by Crippen LogP contribution is -2.25. The van der Waals surface area contributed by atoms with Crippen molar-refractivity contribution in [3.63, 3.8) is 0 Å². The van der Waals surface area contributed by atoms with Crippen LogP contribution in [0.25, 0.3) is 0 Å². The molecule has 0 spiro atoms. The molecule has 1 aromatic rings. The minimum atomic E-state index is -3.49. The summed E-state index contributed by atoms with van der Waals surface area (Å²) in [5.74, 6) is 0. The van der Waals surface area contributed by atoms with Crippen molar-refractivity contribution in [2.24, 2.45) is 0 Å². The van der Waals surface area contributed by atoms with Crippen molar-refractivity contribution in [2.75, 3.05) is 6.54 Å². The molecule has 1 N–H and O–H groups in total. The Morgan fingerprint density at radius 3 is 2.39 bits per heavy atom. The summed E-state index contributed by atoms with van der Waals surface area (Å²) < 4.78 is 26.1. The van der Waals surface area contributed by atoms with E-state index < -0.39 is 15.3 Å². The van der Waals surface area contributed by atoms with Crippen LogP contribution in [0.3, 0.4) is 0 Å². The first-order valence-corrected chi connectivity index (χ1v) is 7.58. The van der Waals surface area contributed by atoms with Gasteiger partial charge in [0.15, 0.2) is 0 Å². The van der Waals surface area contributed by atoms with Gasteiger partial charge in [-0.1, -0.05) is 19.1 Å². The van der Waals surface area contributed by atoms with E-state index in [9.17, 15) is 13.2 Å². The predicted molar refractivity (Wildman–Crippen MR) is 71.1 cm³/mol. The number of sulfonamides is 1. The molecule has 0 fully saturated rings. The maximum absolute atomic E-state index is 11.8. The lowest BCUT2D eigenvalue weighted by molar-refractivity contribution is -0.111. The summed E-state index contributed by atoms with van der Waals surface area (Å²) >= 11 is 5.16. The molecule has 6 heteroatoms. The molecule has 0 amide bonds. The summed E-state index contributed by atoms with van der Waals surface area (Å²) in [6.45, 7) is 2.21. The van der Waals surface area contributed by atoms with Crippen molar-refractivity contribution in [3.05, 3.63) is 29.8 Å². The molecule has 0 saturated heterocycles. The van der Waals surface area contributed by atoms with E-state index in [4.69, 9.17) is 11.6 Å². The average Bonchev–Trinajstić information content (AvgIpc) is 2.34. The molecule has 0 aliphatic carbocycles. The number of rotatable bonds is 7. The third kappa shape index (κ3) is 4.76. The van der Waals surface area contributed by atoms with Crippen molar-refractivity contribution in [1.29, 1.82) is 0 Å². The van der Waals surface area contributed by atoms with Crippen molar-refractivity contribution in [1.82, 2.24) is 4.72 Å². The molecule has 1 aromatic carbocycles. The summed E-state index contributed by atoms with van der Waals surface area (Å²) in [5, 5.41) is -0.457. The number of aryl methyl sites for hydroxylation is 1. The van der Waals surface area contributed by atoms with Crippen LogP contribution in [0.2, 0.25) is 0 Å². The van der Waals surface area contributed by atoms with Crippen LogP contribution in [0.5, 0.6) is 0 Å². The molecule has 0 bridgehead atoms. The number of carbonyl (C=O) groups is 1. The van der Waals surface area contributed by atoms with Crippen LogP contribution in [-0.2, 0) is 21.2 Å². The van der Waals surface area contributed by atoms with Crippen molar-refractivity contribution in [2.45, 2.75) is 31.1 Å². The van der Waals surface area contributed by atoms with Crippen molar-refractivity contribution < 1.29 is 13.2 Å². The van der Waals surface area contributed by atoms with Gasteiger partial charge in [-0.2, -0.15) is 0 Å².